The summed E-state index contributed by atoms with van der Waals surface area (Å²) >= 11 is 3.68. The van der Waals surface area contributed by atoms with Gasteiger partial charge in [0.15, 0.2) is 0 Å². The van der Waals surface area contributed by atoms with Gasteiger partial charge < -0.3 is 5.73 Å². The van der Waals surface area contributed by atoms with Gasteiger partial charge in [-0.3, -0.25) is 0 Å². The Labute approximate surface area is 135 Å². The molecule has 1 aliphatic carbocycles. The van der Waals surface area contributed by atoms with Crippen LogP contribution in [0.25, 0.3) is 10.9 Å². The lowest BCUT2D eigenvalue weighted by atomic mass is 9.73. The third kappa shape index (κ3) is 3.00. The van der Waals surface area contributed by atoms with E-state index in [9.17, 15) is 0 Å². The SMILES string of the molecule is CCC1CCCCC1C(N)c1nc2ccccc2cc1Br. The van der Waals surface area contributed by atoms with Crippen LogP contribution in [0, 0.1) is 11.8 Å². The van der Waals surface area contributed by atoms with Crippen LogP contribution < -0.4 is 5.73 Å². The molecule has 3 unspecified atom stereocenters. The number of aromatic nitrogens is 1. The van der Waals surface area contributed by atoms with Crippen LogP contribution in [-0.4, -0.2) is 4.98 Å². The molecular weight excluding hydrogens is 324 g/mol. The lowest BCUT2D eigenvalue weighted by Crippen LogP contribution is -2.31. The van der Waals surface area contributed by atoms with Crippen LogP contribution in [0.5, 0.6) is 0 Å². The normalized spacial score (nSPS) is 24.1. The zero-order chi connectivity index (χ0) is 14.8. The Kier molecular flexibility index (Phi) is 4.60. The van der Waals surface area contributed by atoms with Crippen LogP contribution in [0.1, 0.15) is 50.8 Å². The summed E-state index contributed by atoms with van der Waals surface area (Å²) in [7, 11) is 0. The van der Waals surface area contributed by atoms with Crippen molar-refractivity contribution in [2.75, 3.05) is 0 Å². The third-order valence-corrected chi connectivity index (χ3v) is 5.61. The molecule has 0 bridgehead atoms. The fourth-order valence-electron chi connectivity index (χ4n) is 3.76. The minimum absolute atomic E-state index is 0.0363. The average Bonchev–Trinajstić information content (AvgIpc) is 2.53. The van der Waals surface area contributed by atoms with Crippen LogP contribution in [0.3, 0.4) is 0 Å². The van der Waals surface area contributed by atoms with Gasteiger partial charge in [0, 0.05) is 9.86 Å². The van der Waals surface area contributed by atoms with Gasteiger partial charge in [-0.25, -0.2) is 4.98 Å². The minimum atomic E-state index is 0.0363. The lowest BCUT2D eigenvalue weighted by molar-refractivity contribution is 0.194. The summed E-state index contributed by atoms with van der Waals surface area (Å²) in [6.45, 7) is 2.29. The number of nitrogens with zero attached hydrogens (tertiary/aromatic N) is 1. The number of para-hydroxylation sites is 1. The van der Waals surface area contributed by atoms with E-state index in [1.807, 2.05) is 12.1 Å². The Morgan fingerprint density at radius 1 is 1.29 bits per heavy atom. The second kappa shape index (κ2) is 6.45. The maximum atomic E-state index is 6.64. The first-order valence-electron chi connectivity index (χ1n) is 8.01. The predicted molar refractivity (Wildman–Crippen MR) is 92.1 cm³/mol. The van der Waals surface area contributed by atoms with Crippen LogP contribution >= 0.6 is 15.9 Å². The molecule has 1 saturated carbocycles. The first kappa shape index (κ1) is 15.0. The fraction of sp³-hybridized carbons (Fsp3) is 0.500. The van der Waals surface area contributed by atoms with Gasteiger partial charge in [-0.2, -0.15) is 0 Å². The number of halogens is 1. The summed E-state index contributed by atoms with van der Waals surface area (Å²) in [5.74, 6) is 1.31. The van der Waals surface area contributed by atoms with Crippen molar-refractivity contribution in [1.29, 1.82) is 0 Å². The van der Waals surface area contributed by atoms with Crippen molar-refractivity contribution in [2.45, 2.75) is 45.1 Å². The number of hydrogen-bond acceptors (Lipinski definition) is 2. The van der Waals surface area contributed by atoms with Gasteiger partial charge in [-0.05, 0) is 46.3 Å². The number of fused-ring (bicyclic) bond motifs is 1. The highest BCUT2D eigenvalue weighted by Gasteiger charge is 2.31. The summed E-state index contributed by atoms with van der Waals surface area (Å²) in [4.78, 5) is 4.85. The van der Waals surface area contributed by atoms with E-state index in [1.165, 1.54) is 32.1 Å². The Balaban J connectivity index is 1.96. The van der Waals surface area contributed by atoms with E-state index < -0.39 is 0 Å². The predicted octanol–water partition coefficient (Wildman–Crippen LogP) is 5.21. The van der Waals surface area contributed by atoms with Crippen molar-refractivity contribution >= 4 is 26.8 Å². The molecule has 3 rings (SSSR count). The van der Waals surface area contributed by atoms with E-state index in [1.54, 1.807) is 0 Å². The molecule has 0 amide bonds. The highest BCUT2D eigenvalue weighted by molar-refractivity contribution is 9.10. The molecule has 0 aliphatic heterocycles. The summed E-state index contributed by atoms with van der Waals surface area (Å²) in [6.07, 6.45) is 6.44. The van der Waals surface area contributed by atoms with E-state index >= 15 is 0 Å². The maximum absolute atomic E-state index is 6.64. The molecular formula is C18H23BrN2. The van der Waals surface area contributed by atoms with Gasteiger partial charge in [-0.15, -0.1) is 0 Å². The molecule has 1 aromatic heterocycles. The highest BCUT2D eigenvalue weighted by Crippen LogP contribution is 2.40. The molecule has 21 heavy (non-hydrogen) atoms. The van der Waals surface area contributed by atoms with Crippen molar-refractivity contribution in [1.82, 2.24) is 4.98 Å². The second-order valence-corrected chi connectivity index (χ2v) is 7.04. The van der Waals surface area contributed by atoms with Crippen molar-refractivity contribution in [2.24, 2.45) is 17.6 Å². The van der Waals surface area contributed by atoms with Crippen molar-refractivity contribution in [3.63, 3.8) is 0 Å². The van der Waals surface area contributed by atoms with Gasteiger partial charge in [0.2, 0.25) is 0 Å². The smallest absolute Gasteiger partial charge is 0.0723 e. The van der Waals surface area contributed by atoms with E-state index in [0.29, 0.717) is 5.92 Å². The zero-order valence-electron chi connectivity index (χ0n) is 12.6. The third-order valence-electron chi connectivity index (χ3n) is 4.97. The van der Waals surface area contributed by atoms with Crippen LogP contribution in [-0.2, 0) is 0 Å². The first-order valence-corrected chi connectivity index (χ1v) is 8.80. The maximum Gasteiger partial charge on any atom is 0.0723 e. The highest BCUT2D eigenvalue weighted by atomic mass is 79.9. The molecule has 1 aromatic carbocycles. The van der Waals surface area contributed by atoms with E-state index in [0.717, 1.165) is 27.0 Å². The molecule has 3 atom stereocenters. The number of hydrogen-bond donors (Lipinski definition) is 1. The van der Waals surface area contributed by atoms with E-state index in [2.05, 4.69) is 41.1 Å². The Morgan fingerprint density at radius 3 is 2.86 bits per heavy atom. The first-order chi connectivity index (χ1) is 10.2. The Morgan fingerprint density at radius 2 is 2.05 bits per heavy atom. The minimum Gasteiger partial charge on any atom is -0.322 e. The van der Waals surface area contributed by atoms with Gasteiger partial charge >= 0.3 is 0 Å². The molecule has 2 nitrogen and oxygen atoms in total. The fourth-order valence-corrected chi connectivity index (χ4v) is 4.36. The monoisotopic (exact) mass is 346 g/mol. The summed E-state index contributed by atoms with van der Waals surface area (Å²) in [6, 6.07) is 10.4. The number of rotatable bonds is 3. The summed E-state index contributed by atoms with van der Waals surface area (Å²) in [5, 5.41) is 1.16. The summed E-state index contributed by atoms with van der Waals surface area (Å²) < 4.78 is 1.05. The van der Waals surface area contributed by atoms with E-state index in [-0.39, 0.29) is 6.04 Å². The van der Waals surface area contributed by atoms with Crippen LogP contribution in [0.15, 0.2) is 34.8 Å². The van der Waals surface area contributed by atoms with Gasteiger partial charge in [0.1, 0.15) is 0 Å². The molecule has 1 heterocycles. The molecule has 112 valence electrons. The molecule has 0 saturated heterocycles. The molecule has 0 radical (unpaired) electrons. The topological polar surface area (TPSA) is 38.9 Å². The quantitative estimate of drug-likeness (QED) is 0.827. The van der Waals surface area contributed by atoms with Crippen LogP contribution in [0.4, 0.5) is 0 Å². The van der Waals surface area contributed by atoms with Gasteiger partial charge in [0.25, 0.3) is 0 Å². The summed E-state index contributed by atoms with van der Waals surface area (Å²) in [5.41, 5.74) is 8.70. The van der Waals surface area contributed by atoms with Gasteiger partial charge in [0.05, 0.1) is 17.3 Å². The molecule has 1 fully saturated rings. The van der Waals surface area contributed by atoms with Crippen molar-refractivity contribution in [3.8, 4) is 0 Å². The Hall–Kier alpha value is -0.930. The second-order valence-electron chi connectivity index (χ2n) is 6.19. The van der Waals surface area contributed by atoms with Gasteiger partial charge in [-0.1, -0.05) is 50.8 Å². The number of nitrogens with two attached hydrogens (primary N) is 1. The van der Waals surface area contributed by atoms with Crippen molar-refractivity contribution < 1.29 is 0 Å². The standard InChI is InChI=1S/C18H23BrN2/c1-2-12-7-3-5-9-14(12)17(20)18-15(19)11-13-8-4-6-10-16(13)21-18/h4,6,8,10-12,14,17H,2-3,5,7,9,20H2,1H3. The van der Waals surface area contributed by atoms with Crippen LogP contribution in [0.2, 0.25) is 0 Å². The molecule has 3 heteroatoms. The zero-order valence-corrected chi connectivity index (χ0v) is 14.1. The van der Waals surface area contributed by atoms with E-state index in [4.69, 9.17) is 10.7 Å². The average molecular weight is 347 g/mol. The number of benzene rings is 1. The molecule has 2 N–H and O–H groups in total. The largest absolute Gasteiger partial charge is 0.322 e. The molecule has 1 aliphatic rings. The van der Waals surface area contributed by atoms with Crippen molar-refractivity contribution in [3.05, 3.63) is 40.5 Å². The Bertz CT molecular complexity index is 626. The molecule has 0 spiro atoms. The molecule has 2 aromatic rings. The lowest BCUT2D eigenvalue weighted by Gasteiger charge is -2.35. The number of pyridine rings is 1.